The van der Waals surface area contributed by atoms with Gasteiger partial charge < -0.3 is 10.2 Å². The number of oxime groups is 1. The lowest BCUT2D eigenvalue weighted by molar-refractivity contribution is -0.110. The molecule has 0 saturated heterocycles. The molecule has 0 aromatic heterocycles. The Morgan fingerprint density at radius 1 is 1.12 bits per heavy atom. The van der Waals surface area contributed by atoms with E-state index in [1.807, 2.05) is 30.3 Å². The van der Waals surface area contributed by atoms with Crippen molar-refractivity contribution in [2.45, 2.75) is 17.4 Å². The Morgan fingerprint density at radius 2 is 1.79 bits per heavy atom. The average Bonchev–Trinajstić information content (AvgIpc) is 3.05. The number of carbonyl (C=O) groups excluding carboxylic acids is 1. The van der Waals surface area contributed by atoms with E-state index < -0.39 is 15.7 Å². The summed E-state index contributed by atoms with van der Waals surface area (Å²) in [6.07, 6.45) is 1.12. The van der Waals surface area contributed by atoms with Gasteiger partial charge in [0, 0.05) is 12.7 Å². The maximum Gasteiger partial charge on any atom is 0.273 e. The van der Waals surface area contributed by atoms with Gasteiger partial charge in [0.2, 0.25) is 0 Å². The van der Waals surface area contributed by atoms with Crippen molar-refractivity contribution >= 4 is 27.1 Å². The Bertz CT molecular complexity index is 892. The highest BCUT2D eigenvalue weighted by Gasteiger charge is 2.28. The summed E-state index contributed by atoms with van der Waals surface area (Å²) in [6, 6.07) is 15.7. The molecular weight excluding hydrogens is 328 g/mol. The normalized spacial score (nSPS) is 17.0. The molecule has 24 heavy (non-hydrogen) atoms. The van der Waals surface area contributed by atoms with Gasteiger partial charge in [-0.2, -0.15) is 0 Å². The average molecular weight is 344 g/mol. The fraction of sp³-hybridized carbons (Fsp3) is 0.176. The quantitative estimate of drug-likeness (QED) is 0.924. The van der Waals surface area contributed by atoms with Crippen molar-refractivity contribution in [1.82, 2.24) is 0 Å². The number of nitrogens with one attached hydrogen (secondary N) is 1. The highest BCUT2D eigenvalue weighted by Crippen LogP contribution is 2.28. The van der Waals surface area contributed by atoms with Crippen molar-refractivity contribution in [3.05, 3.63) is 60.2 Å². The lowest BCUT2D eigenvalue weighted by Crippen LogP contribution is -2.23. The highest BCUT2D eigenvalue weighted by molar-refractivity contribution is 7.90. The van der Waals surface area contributed by atoms with E-state index in [2.05, 4.69) is 10.5 Å². The van der Waals surface area contributed by atoms with Crippen LogP contribution in [0.5, 0.6) is 0 Å². The highest BCUT2D eigenvalue weighted by atomic mass is 32.2. The number of para-hydroxylation sites is 1. The van der Waals surface area contributed by atoms with Crippen molar-refractivity contribution < 1.29 is 18.0 Å². The molecule has 124 valence electrons. The van der Waals surface area contributed by atoms with Crippen LogP contribution in [0.3, 0.4) is 0 Å². The molecule has 0 spiro atoms. The van der Waals surface area contributed by atoms with Gasteiger partial charge in [0.05, 0.1) is 10.6 Å². The number of anilines is 1. The minimum absolute atomic E-state index is 0.0671. The summed E-state index contributed by atoms with van der Waals surface area (Å²) in [7, 11) is -3.44. The topological polar surface area (TPSA) is 84.8 Å². The van der Waals surface area contributed by atoms with Crippen LogP contribution in [0.4, 0.5) is 5.69 Å². The van der Waals surface area contributed by atoms with Crippen molar-refractivity contribution in [3.63, 3.8) is 0 Å². The summed E-state index contributed by atoms with van der Waals surface area (Å²) in [6.45, 7) is 0. The van der Waals surface area contributed by atoms with Crippen LogP contribution >= 0.6 is 0 Å². The lowest BCUT2D eigenvalue weighted by Gasteiger charge is -2.09. The molecule has 1 amide bonds. The van der Waals surface area contributed by atoms with E-state index in [1.54, 1.807) is 18.2 Å². The van der Waals surface area contributed by atoms with Crippen LogP contribution in [0.1, 0.15) is 18.1 Å². The lowest BCUT2D eigenvalue weighted by atomic mass is 10.0. The summed E-state index contributed by atoms with van der Waals surface area (Å²) < 4.78 is 23.6. The molecule has 0 bridgehead atoms. The van der Waals surface area contributed by atoms with Crippen LogP contribution in [0.2, 0.25) is 0 Å². The molecule has 0 saturated carbocycles. The first kappa shape index (κ1) is 16.2. The van der Waals surface area contributed by atoms with Crippen LogP contribution in [0, 0.1) is 0 Å². The molecule has 0 aliphatic carbocycles. The van der Waals surface area contributed by atoms with E-state index in [0.717, 1.165) is 11.8 Å². The van der Waals surface area contributed by atoms with E-state index in [0.29, 0.717) is 6.42 Å². The van der Waals surface area contributed by atoms with Crippen LogP contribution in [-0.2, 0) is 19.5 Å². The first-order valence-corrected chi connectivity index (χ1v) is 9.22. The van der Waals surface area contributed by atoms with E-state index >= 15 is 0 Å². The summed E-state index contributed by atoms with van der Waals surface area (Å²) in [5, 5.41) is 6.44. The maximum atomic E-state index is 12.4. The second-order valence-electron chi connectivity index (χ2n) is 5.47. The number of nitrogens with zero attached hydrogens (tertiary/aromatic N) is 1. The Labute approximate surface area is 140 Å². The summed E-state index contributed by atoms with van der Waals surface area (Å²) in [5.41, 5.74) is 1.39. The van der Waals surface area contributed by atoms with Crippen molar-refractivity contribution in [3.8, 4) is 0 Å². The van der Waals surface area contributed by atoms with E-state index in [4.69, 9.17) is 4.84 Å². The minimum Gasteiger partial charge on any atom is -0.387 e. The monoisotopic (exact) mass is 344 g/mol. The smallest absolute Gasteiger partial charge is 0.273 e. The van der Waals surface area contributed by atoms with E-state index in [9.17, 15) is 13.2 Å². The predicted molar refractivity (Wildman–Crippen MR) is 90.5 cm³/mol. The van der Waals surface area contributed by atoms with Crippen molar-refractivity contribution in [2.75, 3.05) is 11.6 Å². The van der Waals surface area contributed by atoms with Gasteiger partial charge in [0.1, 0.15) is 5.71 Å². The molecule has 3 rings (SSSR count). The summed E-state index contributed by atoms with van der Waals surface area (Å²) >= 11 is 0. The fourth-order valence-corrected chi connectivity index (χ4v) is 3.29. The fourth-order valence-electron chi connectivity index (χ4n) is 2.45. The molecule has 2 aromatic carbocycles. The second kappa shape index (κ2) is 6.45. The summed E-state index contributed by atoms with van der Waals surface area (Å²) in [5.74, 6) is -0.468. The zero-order chi connectivity index (χ0) is 17.2. The Balaban J connectivity index is 1.74. The van der Waals surface area contributed by atoms with Gasteiger partial charge in [-0.25, -0.2) is 8.42 Å². The van der Waals surface area contributed by atoms with Gasteiger partial charge >= 0.3 is 0 Å². The number of hydrogen-bond donors (Lipinski definition) is 1. The van der Waals surface area contributed by atoms with Gasteiger partial charge in [0.15, 0.2) is 15.9 Å². The van der Waals surface area contributed by atoms with Crippen molar-refractivity contribution in [1.29, 1.82) is 0 Å². The Kier molecular flexibility index (Phi) is 4.35. The number of sulfone groups is 1. The third-order valence-electron chi connectivity index (χ3n) is 3.64. The zero-order valence-corrected chi connectivity index (χ0v) is 13.8. The SMILES string of the molecule is CS(=O)(=O)c1ccccc1NC(=O)C1=NOC(c2ccccc2)C1. The third-order valence-corrected chi connectivity index (χ3v) is 4.79. The molecule has 1 atom stereocenters. The largest absolute Gasteiger partial charge is 0.387 e. The Morgan fingerprint density at radius 3 is 2.50 bits per heavy atom. The number of carbonyl (C=O) groups is 1. The summed E-state index contributed by atoms with van der Waals surface area (Å²) in [4.78, 5) is 17.7. The Hall–Kier alpha value is -2.67. The molecular formula is C17H16N2O4S. The zero-order valence-electron chi connectivity index (χ0n) is 13.0. The van der Waals surface area contributed by atoms with Gasteiger partial charge in [-0.05, 0) is 17.7 Å². The molecule has 6 nitrogen and oxygen atoms in total. The van der Waals surface area contributed by atoms with Gasteiger partial charge in [-0.15, -0.1) is 0 Å². The molecule has 0 radical (unpaired) electrons. The van der Waals surface area contributed by atoms with Gasteiger partial charge in [-0.1, -0.05) is 47.6 Å². The molecule has 0 fully saturated rings. The molecule has 2 aromatic rings. The van der Waals surface area contributed by atoms with Crippen LogP contribution in [0.25, 0.3) is 0 Å². The molecule has 1 unspecified atom stereocenters. The number of hydrogen-bond acceptors (Lipinski definition) is 5. The van der Waals surface area contributed by atoms with Crippen LogP contribution < -0.4 is 5.32 Å². The van der Waals surface area contributed by atoms with Gasteiger partial charge in [0.25, 0.3) is 5.91 Å². The first-order valence-electron chi connectivity index (χ1n) is 7.33. The van der Waals surface area contributed by atoms with Crippen molar-refractivity contribution in [2.24, 2.45) is 5.16 Å². The second-order valence-corrected chi connectivity index (χ2v) is 7.45. The predicted octanol–water partition coefficient (Wildman–Crippen LogP) is 2.55. The molecule has 1 heterocycles. The van der Waals surface area contributed by atoms with E-state index in [1.165, 1.54) is 6.07 Å². The first-order chi connectivity index (χ1) is 11.4. The number of amides is 1. The molecule has 1 aliphatic heterocycles. The molecule has 1 aliphatic rings. The standard InChI is InChI=1S/C17H16N2O4S/c1-24(21,22)16-10-6-5-9-13(16)18-17(20)14-11-15(23-19-14)12-7-3-2-4-8-12/h2-10,15H,11H2,1H3,(H,18,20). The van der Waals surface area contributed by atoms with E-state index in [-0.39, 0.29) is 22.4 Å². The number of benzene rings is 2. The molecule has 7 heteroatoms. The minimum atomic E-state index is -3.44. The van der Waals surface area contributed by atoms with Crippen LogP contribution in [0.15, 0.2) is 64.6 Å². The maximum absolute atomic E-state index is 12.4. The third kappa shape index (κ3) is 3.46. The number of rotatable bonds is 4. The van der Waals surface area contributed by atoms with Crippen LogP contribution in [-0.4, -0.2) is 26.3 Å². The van der Waals surface area contributed by atoms with Gasteiger partial charge in [-0.3, -0.25) is 4.79 Å². The molecule has 1 N–H and O–H groups in total.